The molecule has 0 fully saturated rings. The number of aromatic nitrogens is 3. The number of anilines is 4. The molecule has 0 radical (unpaired) electrons. The van der Waals surface area contributed by atoms with Gasteiger partial charge in [-0.3, -0.25) is 4.90 Å². The topological polar surface area (TPSA) is 77.2 Å². The van der Waals surface area contributed by atoms with E-state index in [1.165, 1.54) is 0 Å². The van der Waals surface area contributed by atoms with Gasteiger partial charge in [-0.05, 0) is 31.2 Å². The molecule has 0 saturated heterocycles. The van der Waals surface area contributed by atoms with Crippen LogP contribution in [0.4, 0.5) is 23.3 Å². The van der Waals surface area contributed by atoms with Crippen molar-refractivity contribution in [1.82, 2.24) is 15.0 Å². The number of benzene rings is 2. The summed E-state index contributed by atoms with van der Waals surface area (Å²) in [7, 11) is 0. The zero-order chi connectivity index (χ0) is 16.1. The minimum absolute atomic E-state index is 0.121. The van der Waals surface area contributed by atoms with Crippen LogP contribution in [0.2, 0.25) is 0 Å². The van der Waals surface area contributed by atoms with Gasteiger partial charge in [0, 0.05) is 11.4 Å². The fourth-order valence-electron chi connectivity index (χ4n) is 2.19. The molecule has 1 heterocycles. The Balaban J connectivity index is 2.13. The summed E-state index contributed by atoms with van der Waals surface area (Å²) in [5.41, 5.74) is 7.66. The zero-order valence-corrected chi connectivity index (χ0v) is 12.8. The predicted molar refractivity (Wildman–Crippen MR) is 90.1 cm³/mol. The fourth-order valence-corrected chi connectivity index (χ4v) is 2.19. The molecule has 0 aliphatic rings. The molecule has 2 aromatic carbocycles. The smallest absolute Gasteiger partial charge is 0.323 e. The number of para-hydroxylation sites is 2. The lowest BCUT2D eigenvalue weighted by atomic mass is 10.2. The molecule has 0 unspecified atom stereocenters. The van der Waals surface area contributed by atoms with Crippen LogP contribution in [0.3, 0.4) is 0 Å². The molecule has 6 nitrogen and oxygen atoms in total. The van der Waals surface area contributed by atoms with Gasteiger partial charge in [-0.2, -0.15) is 15.0 Å². The molecule has 1 aromatic heterocycles. The first-order chi connectivity index (χ1) is 11.3. The zero-order valence-electron chi connectivity index (χ0n) is 12.8. The standard InChI is InChI=1S/C17H17N5O/c1-2-23-17-20-15(18)19-16(21-17)22(13-9-5-3-6-10-13)14-11-7-4-8-12-14/h3-12H,2H2,1H3,(H2,18,19,20,21). The van der Waals surface area contributed by atoms with Gasteiger partial charge in [0.2, 0.25) is 11.9 Å². The Morgan fingerprint density at radius 2 is 1.43 bits per heavy atom. The summed E-state index contributed by atoms with van der Waals surface area (Å²) in [5, 5.41) is 0. The van der Waals surface area contributed by atoms with Crippen molar-refractivity contribution >= 4 is 23.3 Å². The molecule has 0 amide bonds. The first-order valence-corrected chi connectivity index (χ1v) is 7.32. The van der Waals surface area contributed by atoms with Crippen LogP contribution in [0.1, 0.15) is 6.92 Å². The van der Waals surface area contributed by atoms with Crippen molar-refractivity contribution in [2.45, 2.75) is 6.92 Å². The van der Waals surface area contributed by atoms with Crippen LogP contribution in [0.25, 0.3) is 0 Å². The molecule has 2 N–H and O–H groups in total. The Bertz CT molecular complexity index is 725. The van der Waals surface area contributed by atoms with Gasteiger partial charge in [-0.15, -0.1) is 0 Å². The summed E-state index contributed by atoms with van der Waals surface area (Å²) in [4.78, 5) is 14.6. The molecule has 0 bridgehead atoms. The first-order valence-electron chi connectivity index (χ1n) is 7.32. The van der Waals surface area contributed by atoms with Crippen LogP contribution in [-0.2, 0) is 0 Å². The predicted octanol–water partition coefficient (Wildman–Crippen LogP) is 3.32. The van der Waals surface area contributed by atoms with Crippen LogP contribution in [0, 0.1) is 0 Å². The number of hydrogen-bond donors (Lipinski definition) is 1. The van der Waals surface area contributed by atoms with Gasteiger partial charge in [0.1, 0.15) is 0 Å². The van der Waals surface area contributed by atoms with Crippen molar-refractivity contribution in [3.8, 4) is 6.01 Å². The molecule has 0 atom stereocenters. The third kappa shape index (κ3) is 3.37. The number of ether oxygens (including phenoxy) is 1. The summed E-state index contributed by atoms with van der Waals surface area (Å²) in [6.07, 6.45) is 0. The first kappa shape index (κ1) is 14.8. The summed E-state index contributed by atoms with van der Waals surface area (Å²) in [5.74, 6) is 0.536. The molecule has 0 aliphatic heterocycles. The second-order valence-corrected chi connectivity index (χ2v) is 4.72. The van der Waals surface area contributed by atoms with Gasteiger partial charge in [-0.1, -0.05) is 36.4 Å². The van der Waals surface area contributed by atoms with Crippen LogP contribution in [-0.4, -0.2) is 21.6 Å². The van der Waals surface area contributed by atoms with E-state index in [1.54, 1.807) is 0 Å². The van der Waals surface area contributed by atoms with Crippen molar-refractivity contribution < 1.29 is 4.74 Å². The van der Waals surface area contributed by atoms with Crippen LogP contribution < -0.4 is 15.4 Å². The summed E-state index contributed by atoms with van der Waals surface area (Å²) in [6.45, 7) is 2.32. The van der Waals surface area contributed by atoms with E-state index in [-0.39, 0.29) is 12.0 Å². The quantitative estimate of drug-likeness (QED) is 0.779. The van der Waals surface area contributed by atoms with Crippen molar-refractivity contribution in [1.29, 1.82) is 0 Å². The average molecular weight is 307 g/mol. The van der Waals surface area contributed by atoms with Gasteiger partial charge in [0.15, 0.2) is 0 Å². The summed E-state index contributed by atoms with van der Waals surface area (Å²) in [6, 6.07) is 19.9. The van der Waals surface area contributed by atoms with Crippen LogP contribution >= 0.6 is 0 Å². The van der Waals surface area contributed by atoms with E-state index in [9.17, 15) is 0 Å². The van der Waals surface area contributed by atoms with Crippen molar-refractivity contribution in [2.24, 2.45) is 0 Å². The van der Waals surface area contributed by atoms with Gasteiger partial charge in [-0.25, -0.2) is 0 Å². The van der Waals surface area contributed by atoms with Crippen molar-refractivity contribution in [2.75, 3.05) is 17.2 Å². The minimum Gasteiger partial charge on any atom is -0.464 e. The lowest BCUT2D eigenvalue weighted by Crippen LogP contribution is -2.15. The molecule has 0 saturated carbocycles. The summed E-state index contributed by atoms with van der Waals surface area (Å²) >= 11 is 0. The number of nitrogens with zero attached hydrogens (tertiary/aromatic N) is 4. The molecule has 0 aliphatic carbocycles. The Hall–Kier alpha value is -3.15. The third-order valence-corrected chi connectivity index (χ3v) is 3.12. The Labute approximate surface area is 134 Å². The highest BCUT2D eigenvalue weighted by Crippen LogP contribution is 2.32. The maximum absolute atomic E-state index is 5.81. The number of rotatable bonds is 5. The maximum atomic E-state index is 5.81. The molecular formula is C17H17N5O. The number of nitrogens with two attached hydrogens (primary N) is 1. The normalized spacial score (nSPS) is 10.3. The lowest BCUT2D eigenvalue weighted by Gasteiger charge is -2.23. The fraction of sp³-hybridized carbons (Fsp3) is 0.118. The second-order valence-electron chi connectivity index (χ2n) is 4.72. The van der Waals surface area contributed by atoms with Crippen LogP contribution in [0.5, 0.6) is 6.01 Å². The number of nitrogen functional groups attached to an aromatic ring is 1. The molecule has 0 spiro atoms. The van der Waals surface area contributed by atoms with E-state index in [0.717, 1.165) is 11.4 Å². The van der Waals surface area contributed by atoms with Gasteiger partial charge in [0.05, 0.1) is 6.61 Å². The molecule has 6 heteroatoms. The lowest BCUT2D eigenvalue weighted by molar-refractivity contribution is 0.312. The van der Waals surface area contributed by atoms with E-state index < -0.39 is 0 Å². The van der Waals surface area contributed by atoms with Gasteiger partial charge < -0.3 is 10.5 Å². The second kappa shape index (κ2) is 6.74. The highest BCUT2D eigenvalue weighted by atomic mass is 16.5. The molecular weight excluding hydrogens is 290 g/mol. The molecule has 116 valence electrons. The van der Waals surface area contributed by atoms with E-state index in [0.29, 0.717) is 12.6 Å². The summed E-state index contributed by atoms with van der Waals surface area (Å²) < 4.78 is 5.38. The highest BCUT2D eigenvalue weighted by Gasteiger charge is 2.17. The molecule has 3 aromatic rings. The Morgan fingerprint density at radius 3 is 1.96 bits per heavy atom. The van der Waals surface area contributed by atoms with Gasteiger partial charge in [0.25, 0.3) is 0 Å². The van der Waals surface area contributed by atoms with Crippen molar-refractivity contribution in [3.63, 3.8) is 0 Å². The largest absolute Gasteiger partial charge is 0.464 e. The SMILES string of the molecule is CCOc1nc(N)nc(N(c2ccccc2)c2ccccc2)n1. The molecule has 23 heavy (non-hydrogen) atoms. The third-order valence-electron chi connectivity index (χ3n) is 3.12. The molecule has 3 rings (SSSR count). The Morgan fingerprint density at radius 1 is 0.870 bits per heavy atom. The van der Waals surface area contributed by atoms with Crippen LogP contribution in [0.15, 0.2) is 60.7 Å². The van der Waals surface area contributed by atoms with E-state index in [4.69, 9.17) is 10.5 Å². The maximum Gasteiger partial charge on any atom is 0.323 e. The monoisotopic (exact) mass is 307 g/mol. The van der Waals surface area contributed by atoms with E-state index >= 15 is 0 Å². The van der Waals surface area contributed by atoms with Crippen molar-refractivity contribution in [3.05, 3.63) is 60.7 Å². The van der Waals surface area contributed by atoms with E-state index in [2.05, 4.69) is 15.0 Å². The minimum atomic E-state index is 0.121. The highest BCUT2D eigenvalue weighted by molar-refractivity contribution is 5.72. The van der Waals surface area contributed by atoms with E-state index in [1.807, 2.05) is 72.5 Å². The average Bonchev–Trinajstić information content (AvgIpc) is 2.57. The van der Waals surface area contributed by atoms with Gasteiger partial charge >= 0.3 is 6.01 Å². The number of hydrogen-bond acceptors (Lipinski definition) is 6. The Kier molecular flexibility index (Phi) is 4.33.